The molecule has 0 aliphatic carbocycles. The lowest BCUT2D eigenvalue weighted by molar-refractivity contribution is -0.137. The quantitative estimate of drug-likeness (QED) is 0.323. The molecule has 1 unspecified atom stereocenters. The van der Waals surface area contributed by atoms with E-state index in [2.05, 4.69) is 10.6 Å². The molecule has 0 spiro atoms. The Kier molecular flexibility index (Phi) is 3.47. The monoisotopic (exact) mass is 276 g/mol. The van der Waals surface area contributed by atoms with Gasteiger partial charge in [0.2, 0.25) is 0 Å². The third-order valence-electron chi connectivity index (χ3n) is 3.49. The summed E-state index contributed by atoms with van der Waals surface area (Å²) in [7, 11) is -2.70. The van der Waals surface area contributed by atoms with Crippen molar-refractivity contribution in [3.8, 4) is 0 Å². The van der Waals surface area contributed by atoms with E-state index in [1.165, 1.54) is 0 Å². The number of urea groups is 1. The van der Waals surface area contributed by atoms with Crippen LogP contribution in [-0.4, -0.2) is 44.4 Å². The molecule has 2 aliphatic heterocycles. The van der Waals surface area contributed by atoms with Gasteiger partial charge in [0.05, 0.1) is 32.8 Å². The molecule has 2 amide bonds. The smallest absolute Gasteiger partial charge is 0.315 e. The van der Waals surface area contributed by atoms with Crippen molar-refractivity contribution in [3.05, 3.63) is 0 Å². The number of carboxylic acid groups (broad SMARTS) is 1. The van der Waals surface area contributed by atoms with Crippen LogP contribution in [0.3, 0.4) is 0 Å². The molecular formula is C10H17N3O4S. The maximum Gasteiger partial charge on any atom is 0.315 e. The lowest BCUT2D eigenvalue weighted by Crippen LogP contribution is -2.38. The average Bonchev–Trinajstić information content (AvgIpc) is 2.66. The highest BCUT2D eigenvalue weighted by Crippen LogP contribution is 2.28. The van der Waals surface area contributed by atoms with Gasteiger partial charge >= 0.3 is 12.0 Å². The summed E-state index contributed by atoms with van der Waals surface area (Å²) < 4.78 is 20.0. The van der Waals surface area contributed by atoms with Crippen LogP contribution in [0, 0.1) is 4.78 Å². The average molecular weight is 276 g/mol. The SMILES string of the molecule is [15NH]=S1(=O)C[C@@H]2NC(=O)N[C@@H]2[C@@H]1CCCCC(=O)O. The summed E-state index contributed by atoms with van der Waals surface area (Å²) in [5.41, 5.74) is 0. The predicted molar refractivity (Wildman–Crippen MR) is 64.9 cm³/mol. The molecule has 8 heteroatoms. The van der Waals surface area contributed by atoms with Crippen LogP contribution in [0.25, 0.3) is 0 Å². The maximum atomic E-state index is 12.1. The van der Waals surface area contributed by atoms with Crippen LogP contribution in [0.4, 0.5) is 4.79 Å². The fraction of sp³-hybridized carbons (Fsp3) is 0.800. The van der Waals surface area contributed by atoms with Crippen molar-refractivity contribution >= 4 is 21.7 Å². The van der Waals surface area contributed by atoms with Crippen LogP contribution in [0.1, 0.15) is 25.7 Å². The van der Waals surface area contributed by atoms with Crippen molar-refractivity contribution < 1.29 is 18.9 Å². The summed E-state index contributed by atoms with van der Waals surface area (Å²) >= 11 is 0. The number of aliphatic carboxylic acids is 1. The molecule has 102 valence electrons. The Labute approximate surface area is 105 Å². The predicted octanol–water partition coefficient (Wildman–Crippen LogP) is 0.110. The minimum absolute atomic E-state index is 0.0879. The van der Waals surface area contributed by atoms with Crippen LogP contribution in [0.2, 0.25) is 0 Å². The number of carbonyl (C=O) groups excluding carboxylic acids is 1. The number of rotatable bonds is 5. The molecule has 0 bridgehead atoms. The number of carbonyl (C=O) groups is 2. The summed E-state index contributed by atoms with van der Waals surface area (Å²) in [4.78, 5) is 21.6. The second-order valence-corrected chi connectivity index (χ2v) is 7.21. The fourth-order valence-corrected chi connectivity index (χ4v) is 5.02. The molecule has 18 heavy (non-hydrogen) atoms. The maximum absolute atomic E-state index is 12.1. The lowest BCUT2D eigenvalue weighted by atomic mass is 10.0. The molecule has 2 aliphatic rings. The number of hydrogen-bond donors (Lipinski definition) is 4. The van der Waals surface area contributed by atoms with E-state index in [1.807, 2.05) is 0 Å². The normalized spacial score (nSPS) is 38.0. The Bertz CT molecular complexity index is 462. The van der Waals surface area contributed by atoms with E-state index in [0.717, 1.165) is 0 Å². The highest BCUT2D eigenvalue weighted by atomic mass is 32.2. The van der Waals surface area contributed by atoms with Crippen LogP contribution >= 0.6 is 0 Å². The molecule has 0 aromatic heterocycles. The van der Waals surface area contributed by atoms with Gasteiger partial charge in [-0.05, 0) is 12.8 Å². The molecule has 2 fully saturated rings. The van der Waals surface area contributed by atoms with Crippen LogP contribution < -0.4 is 10.6 Å². The van der Waals surface area contributed by atoms with Gasteiger partial charge < -0.3 is 15.7 Å². The van der Waals surface area contributed by atoms with Crippen LogP contribution in [0.15, 0.2) is 0 Å². The number of hydrogen-bond acceptors (Lipinski definition) is 4. The van der Waals surface area contributed by atoms with Crippen molar-refractivity contribution in [1.82, 2.24) is 10.6 Å². The molecule has 7 nitrogen and oxygen atoms in total. The molecular weight excluding hydrogens is 259 g/mol. The lowest BCUT2D eigenvalue weighted by Gasteiger charge is -2.17. The van der Waals surface area contributed by atoms with E-state index in [-0.39, 0.29) is 35.5 Å². The summed E-state index contributed by atoms with van der Waals surface area (Å²) in [5, 5.41) is 13.5. The van der Waals surface area contributed by atoms with E-state index in [4.69, 9.17) is 9.89 Å². The van der Waals surface area contributed by atoms with E-state index >= 15 is 0 Å². The van der Waals surface area contributed by atoms with Crippen molar-refractivity contribution in [3.63, 3.8) is 0 Å². The molecule has 0 aromatic rings. The Morgan fingerprint density at radius 1 is 1.44 bits per heavy atom. The van der Waals surface area contributed by atoms with Gasteiger partial charge in [-0.3, -0.25) is 9.57 Å². The summed E-state index contributed by atoms with van der Waals surface area (Å²) in [6.45, 7) is 0. The van der Waals surface area contributed by atoms with E-state index in [9.17, 15) is 13.8 Å². The summed E-state index contributed by atoms with van der Waals surface area (Å²) in [5.74, 6) is -0.651. The Hall–Kier alpha value is -1.31. The van der Waals surface area contributed by atoms with Gasteiger partial charge in [-0.1, -0.05) is 6.42 Å². The highest BCUT2D eigenvalue weighted by Gasteiger charge is 2.49. The summed E-state index contributed by atoms with van der Waals surface area (Å²) in [6.07, 6.45) is 1.75. The largest absolute Gasteiger partial charge is 0.481 e. The van der Waals surface area contributed by atoms with Gasteiger partial charge in [0, 0.05) is 6.42 Å². The molecule has 0 radical (unpaired) electrons. The number of amides is 2. The van der Waals surface area contributed by atoms with Gasteiger partial charge in [0.25, 0.3) is 0 Å². The van der Waals surface area contributed by atoms with Gasteiger partial charge in [0.15, 0.2) is 0 Å². The molecule has 4 N–H and O–H groups in total. The van der Waals surface area contributed by atoms with Gasteiger partial charge in [-0.2, -0.15) is 0 Å². The zero-order valence-electron chi connectivity index (χ0n) is 9.85. The number of fused-ring (bicyclic) bond motifs is 1. The van der Waals surface area contributed by atoms with Gasteiger partial charge in [-0.25, -0.2) is 9.00 Å². The van der Waals surface area contributed by atoms with Crippen molar-refractivity contribution in [2.75, 3.05) is 5.75 Å². The third-order valence-corrected chi connectivity index (χ3v) is 5.86. The first-order valence-electron chi connectivity index (χ1n) is 5.94. The zero-order chi connectivity index (χ0) is 13.3. The first-order chi connectivity index (χ1) is 8.40. The second-order valence-electron chi connectivity index (χ2n) is 4.82. The number of unbranched alkanes of at least 4 members (excludes halogenated alkanes) is 1. The van der Waals surface area contributed by atoms with Crippen molar-refractivity contribution in [1.29, 1.82) is 4.78 Å². The van der Waals surface area contributed by atoms with E-state index in [1.54, 1.807) is 0 Å². The Balaban J connectivity index is 1.93. The fourth-order valence-electron chi connectivity index (χ4n) is 2.67. The summed E-state index contributed by atoms with van der Waals surface area (Å²) in [6, 6.07) is -0.727. The second kappa shape index (κ2) is 4.75. The standard InChI is InChI=1S/C10H17N3O4S/c11-18(17)5-6-9(13-10(16)12-6)7(18)3-1-2-4-8(14)15/h6-7,9,11H,1-5H2,(H,14,15)(H2,12,13,16)/t6-,7-,9-,18?/m0/s1/i11+1. The third kappa shape index (κ3) is 2.58. The number of nitrogens with one attached hydrogen (secondary N) is 3. The minimum atomic E-state index is -2.70. The van der Waals surface area contributed by atoms with E-state index < -0.39 is 15.7 Å². The molecule has 0 saturated carbocycles. The zero-order valence-corrected chi connectivity index (χ0v) is 10.7. The molecule has 2 saturated heterocycles. The minimum Gasteiger partial charge on any atom is -0.481 e. The Morgan fingerprint density at radius 2 is 2.17 bits per heavy atom. The molecule has 2 heterocycles. The number of carboxylic acids is 1. The Morgan fingerprint density at radius 3 is 2.83 bits per heavy atom. The first kappa shape index (κ1) is 13.1. The highest BCUT2D eigenvalue weighted by molar-refractivity contribution is 7.93. The van der Waals surface area contributed by atoms with Crippen LogP contribution in [0.5, 0.6) is 0 Å². The van der Waals surface area contributed by atoms with Gasteiger partial charge in [0.1, 0.15) is 0 Å². The van der Waals surface area contributed by atoms with Crippen molar-refractivity contribution in [2.45, 2.75) is 43.0 Å². The van der Waals surface area contributed by atoms with Crippen molar-refractivity contribution in [2.24, 2.45) is 0 Å². The first-order valence-corrected chi connectivity index (χ1v) is 7.73. The van der Waals surface area contributed by atoms with E-state index in [0.29, 0.717) is 19.3 Å². The van der Waals surface area contributed by atoms with Gasteiger partial charge in [-0.15, -0.1) is 0 Å². The molecule has 4 atom stereocenters. The topological polar surface area (TPSA) is 119 Å². The molecule has 0 aromatic carbocycles. The molecule has 2 rings (SSSR count). The van der Waals surface area contributed by atoms with Crippen LogP contribution in [-0.2, 0) is 14.5 Å².